The molecule has 1 aromatic rings. The van der Waals surface area contributed by atoms with Crippen molar-refractivity contribution in [3.63, 3.8) is 0 Å². The van der Waals surface area contributed by atoms with Crippen molar-refractivity contribution in [2.24, 2.45) is 0 Å². The molecule has 0 N–H and O–H groups in total. The van der Waals surface area contributed by atoms with Gasteiger partial charge in [-0.25, -0.2) is 0 Å². The Bertz CT molecular complexity index is 411. The molecular weight excluding hydrogens is 202 g/mol. The molecule has 0 saturated carbocycles. The van der Waals surface area contributed by atoms with Gasteiger partial charge in [-0.1, -0.05) is 36.9 Å². The molecule has 2 atom stereocenters. The van der Waals surface area contributed by atoms with Crippen molar-refractivity contribution in [3.8, 4) is 0 Å². The van der Waals surface area contributed by atoms with Crippen LogP contribution in [0.3, 0.4) is 0 Å². The predicted octanol–water partition coefficient (Wildman–Crippen LogP) is 1.77. The first kappa shape index (κ1) is 10.9. The van der Waals surface area contributed by atoms with Gasteiger partial charge in [-0.05, 0) is 5.56 Å². The highest BCUT2D eigenvalue weighted by atomic mass is 16.6. The Labute approximate surface area is 95.3 Å². The molecule has 1 saturated heterocycles. The molecule has 1 aliphatic heterocycles. The summed E-state index contributed by atoms with van der Waals surface area (Å²) in [6, 6.07) is 9.88. The summed E-state index contributed by atoms with van der Waals surface area (Å²) in [5, 5.41) is 0. The third-order valence-corrected chi connectivity index (χ3v) is 2.64. The molecule has 1 amide bonds. The van der Waals surface area contributed by atoms with E-state index in [2.05, 4.69) is 6.58 Å². The summed E-state index contributed by atoms with van der Waals surface area (Å²) in [5.74, 6) is -0.0663. The van der Waals surface area contributed by atoms with Crippen LogP contribution >= 0.6 is 0 Å². The number of carbonyl (C=O) groups excluding carboxylic acids is 1. The van der Waals surface area contributed by atoms with Crippen LogP contribution in [0.2, 0.25) is 0 Å². The molecule has 1 heterocycles. The molecule has 0 radical (unpaired) electrons. The van der Waals surface area contributed by atoms with Gasteiger partial charge in [0.15, 0.2) is 0 Å². The largest absolute Gasteiger partial charge is 0.359 e. The Morgan fingerprint density at radius 2 is 1.94 bits per heavy atom. The number of epoxide rings is 1. The Kier molecular flexibility index (Phi) is 2.79. The maximum Gasteiger partial charge on any atom is 0.251 e. The van der Waals surface area contributed by atoms with Gasteiger partial charge in [-0.3, -0.25) is 4.79 Å². The Morgan fingerprint density at radius 3 is 2.50 bits per heavy atom. The third-order valence-electron chi connectivity index (χ3n) is 2.64. The van der Waals surface area contributed by atoms with Gasteiger partial charge in [-0.2, -0.15) is 0 Å². The summed E-state index contributed by atoms with van der Waals surface area (Å²) in [4.78, 5) is 13.2. The van der Waals surface area contributed by atoms with Crippen LogP contribution in [0, 0.1) is 0 Å². The molecule has 1 aliphatic rings. The molecule has 2 rings (SSSR count). The normalized spacial score (nSPS) is 22.6. The summed E-state index contributed by atoms with van der Waals surface area (Å²) in [7, 11) is 3.43. The SMILES string of the molecule is C=C(C(=O)N(C)C)[C@@H]1O[C@H]1c1ccccc1. The van der Waals surface area contributed by atoms with E-state index in [0.717, 1.165) is 5.56 Å². The zero-order valence-electron chi connectivity index (χ0n) is 9.51. The fraction of sp³-hybridized carbons (Fsp3) is 0.308. The van der Waals surface area contributed by atoms with Crippen LogP contribution in [0.25, 0.3) is 0 Å². The summed E-state index contributed by atoms with van der Waals surface area (Å²) in [6.45, 7) is 3.80. The minimum Gasteiger partial charge on any atom is -0.359 e. The number of nitrogens with zero attached hydrogens (tertiary/aromatic N) is 1. The molecular formula is C13H15NO2. The first-order valence-electron chi connectivity index (χ1n) is 5.22. The zero-order chi connectivity index (χ0) is 11.7. The Morgan fingerprint density at radius 1 is 1.31 bits per heavy atom. The van der Waals surface area contributed by atoms with E-state index in [4.69, 9.17) is 4.74 Å². The Balaban J connectivity index is 2.02. The van der Waals surface area contributed by atoms with Crippen LogP contribution in [0.15, 0.2) is 42.5 Å². The van der Waals surface area contributed by atoms with Crippen molar-refractivity contribution in [2.75, 3.05) is 14.1 Å². The minimum absolute atomic E-state index is 0.00222. The van der Waals surface area contributed by atoms with Gasteiger partial charge in [0.25, 0.3) is 5.91 Å². The first-order chi connectivity index (χ1) is 7.61. The lowest BCUT2D eigenvalue weighted by Crippen LogP contribution is -2.25. The van der Waals surface area contributed by atoms with Crippen molar-refractivity contribution < 1.29 is 9.53 Å². The predicted molar refractivity (Wildman–Crippen MR) is 61.9 cm³/mol. The topological polar surface area (TPSA) is 32.8 Å². The molecule has 0 aliphatic carbocycles. The van der Waals surface area contributed by atoms with Crippen molar-refractivity contribution in [1.82, 2.24) is 4.90 Å². The fourth-order valence-electron chi connectivity index (χ4n) is 1.68. The maximum atomic E-state index is 11.6. The summed E-state index contributed by atoms with van der Waals surface area (Å²) in [5.41, 5.74) is 1.62. The standard InChI is InChI=1S/C13H15NO2/c1-9(13(15)14(2)3)11-12(16-11)10-7-5-4-6-8-10/h4-8,11-12H,1H2,2-3H3/t11-,12-/m0/s1. The quantitative estimate of drug-likeness (QED) is 0.571. The van der Waals surface area contributed by atoms with Gasteiger partial charge < -0.3 is 9.64 Å². The van der Waals surface area contributed by atoms with E-state index in [1.165, 1.54) is 4.90 Å². The average molecular weight is 217 g/mol. The van der Waals surface area contributed by atoms with E-state index in [1.807, 2.05) is 30.3 Å². The van der Waals surface area contributed by atoms with Crippen molar-refractivity contribution in [3.05, 3.63) is 48.0 Å². The van der Waals surface area contributed by atoms with Gasteiger partial charge in [0.05, 0.1) is 0 Å². The second-order valence-electron chi connectivity index (χ2n) is 4.11. The van der Waals surface area contributed by atoms with Crippen LogP contribution in [0.1, 0.15) is 11.7 Å². The smallest absolute Gasteiger partial charge is 0.251 e. The number of benzene rings is 1. The molecule has 1 aromatic carbocycles. The molecule has 16 heavy (non-hydrogen) atoms. The van der Waals surface area contributed by atoms with Crippen LogP contribution in [0.5, 0.6) is 0 Å². The van der Waals surface area contributed by atoms with Gasteiger partial charge in [0.2, 0.25) is 0 Å². The summed E-state index contributed by atoms with van der Waals surface area (Å²) < 4.78 is 5.49. The number of carbonyl (C=O) groups is 1. The second-order valence-corrected chi connectivity index (χ2v) is 4.11. The van der Waals surface area contributed by atoms with Gasteiger partial charge in [0.1, 0.15) is 12.2 Å². The summed E-state index contributed by atoms with van der Waals surface area (Å²) in [6.07, 6.45) is -0.158. The number of ether oxygens (including phenoxy) is 1. The molecule has 1 fully saturated rings. The number of hydrogen-bond acceptors (Lipinski definition) is 2. The second kappa shape index (κ2) is 4.10. The molecule has 0 spiro atoms. The molecule has 3 nitrogen and oxygen atoms in total. The zero-order valence-corrected chi connectivity index (χ0v) is 9.51. The van der Waals surface area contributed by atoms with Gasteiger partial charge >= 0.3 is 0 Å². The molecule has 0 aromatic heterocycles. The molecule has 0 bridgehead atoms. The van der Waals surface area contributed by atoms with Crippen LogP contribution in [0.4, 0.5) is 0 Å². The van der Waals surface area contributed by atoms with Crippen molar-refractivity contribution in [2.45, 2.75) is 12.2 Å². The number of hydrogen-bond donors (Lipinski definition) is 0. The first-order valence-corrected chi connectivity index (χ1v) is 5.22. The molecule has 0 unspecified atom stereocenters. The van der Waals surface area contributed by atoms with Gasteiger partial charge in [0, 0.05) is 19.7 Å². The third kappa shape index (κ3) is 1.99. The molecule has 3 heteroatoms. The van der Waals surface area contributed by atoms with Gasteiger partial charge in [-0.15, -0.1) is 0 Å². The number of amides is 1. The highest BCUT2D eigenvalue weighted by Crippen LogP contribution is 2.42. The van der Waals surface area contributed by atoms with E-state index in [0.29, 0.717) is 5.57 Å². The van der Waals surface area contributed by atoms with E-state index in [-0.39, 0.29) is 18.1 Å². The lowest BCUT2D eigenvalue weighted by Gasteiger charge is -2.10. The van der Waals surface area contributed by atoms with E-state index >= 15 is 0 Å². The highest BCUT2D eigenvalue weighted by molar-refractivity contribution is 5.94. The number of likely N-dealkylation sites (N-methyl/N-ethyl adjacent to an activating group) is 1. The van der Waals surface area contributed by atoms with E-state index in [1.54, 1.807) is 14.1 Å². The lowest BCUT2D eigenvalue weighted by atomic mass is 10.1. The Hall–Kier alpha value is -1.61. The van der Waals surface area contributed by atoms with Crippen LogP contribution in [-0.2, 0) is 9.53 Å². The average Bonchev–Trinajstić information content (AvgIpc) is 3.08. The van der Waals surface area contributed by atoms with Crippen LogP contribution in [-0.4, -0.2) is 31.0 Å². The van der Waals surface area contributed by atoms with Crippen LogP contribution < -0.4 is 0 Å². The maximum absolute atomic E-state index is 11.6. The number of rotatable bonds is 3. The van der Waals surface area contributed by atoms with Crippen molar-refractivity contribution in [1.29, 1.82) is 0 Å². The summed E-state index contributed by atoms with van der Waals surface area (Å²) >= 11 is 0. The van der Waals surface area contributed by atoms with E-state index < -0.39 is 0 Å². The highest BCUT2D eigenvalue weighted by Gasteiger charge is 2.44. The monoisotopic (exact) mass is 217 g/mol. The fourth-order valence-corrected chi connectivity index (χ4v) is 1.68. The minimum atomic E-state index is -0.155. The lowest BCUT2D eigenvalue weighted by molar-refractivity contribution is -0.124. The van der Waals surface area contributed by atoms with E-state index in [9.17, 15) is 4.79 Å². The molecule has 84 valence electrons. The van der Waals surface area contributed by atoms with Crippen molar-refractivity contribution >= 4 is 5.91 Å².